The second-order valence-corrected chi connectivity index (χ2v) is 5.91. The van der Waals surface area contributed by atoms with Gasteiger partial charge in [-0.2, -0.15) is 4.37 Å². The molecule has 1 aromatic heterocycles. The van der Waals surface area contributed by atoms with Gasteiger partial charge in [-0.15, -0.1) is 0 Å². The van der Waals surface area contributed by atoms with Gasteiger partial charge in [-0.3, -0.25) is 0 Å². The monoisotopic (exact) mass is 263 g/mol. The van der Waals surface area contributed by atoms with Gasteiger partial charge in [0.15, 0.2) is 0 Å². The van der Waals surface area contributed by atoms with Gasteiger partial charge in [-0.25, -0.2) is 4.98 Å². The number of para-hydroxylation sites is 1. The summed E-state index contributed by atoms with van der Waals surface area (Å²) in [6, 6.07) is 7.27. The first-order valence-corrected chi connectivity index (χ1v) is 6.59. The number of hydrogen-bond donors (Lipinski definition) is 2. The van der Waals surface area contributed by atoms with Crippen LogP contribution in [0.3, 0.4) is 0 Å². The Morgan fingerprint density at radius 1 is 1.28 bits per heavy atom. The standard InChI is InChI=1S/C13H17N3OS/c1-13(2,3)11-15-12(18-16-11)14-8-9-6-4-5-7-10(9)17/h4-7,17H,8H2,1-3H3,(H,14,15,16). The van der Waals surface area contributed by atoms with Crippen molar-refractivity contribution in [3.63, 3.8) is 0 Å². The van der Waals surface area contributed by atoms with E-state index in [-0.39, 0.29) is 5.41 Å². The first kappa shape index (κ1) is 12.8. The molecule has 0 aliphatic heterocycles. The van der Waals surface area contributed by atoms with E-state index in [1.54, 1.807) is 6.07 Å². The van der Waals surface area contributed by atoms with Gasteiger partial charge < -0.3 is 10.4 Å². The van der Waals surface area contributed by atoms with Crippen LogP contribution in [0.4, 0.5) is 5.13 Å². The molecule has 0 unspecified atom stereocenters. The Balaban J connectivity index is 2.03. The molecule has 2 aromatic rings. The third kappa shape index (κ3) is 2.98. The van der Waals surface area contributed by atoms with Crippen molar-refractivity contribution in [2.24, 2.45) is 0 Å². The molecule has 0 aliphatic rings. The van der Waals surface area contributed by atoms with Crippen LogP contribution >= 0.6 is 11.5 Å². The number of aromatic nitrogens is 2. The summed E-state index contributed by atoms with van der Waals surface area (Å²) in [7, 11) is 0. The lowest BCUT2D eigenvalue weighted by Crippen LogP contribution is -2.13. The second kappa shape index (κ2) is 4.94. The lowest BCUT2D eigenvalue weighted by Gasteiger charge is -2.12. The summed E-state index contributed by atoms with van der Waals surface area (Å²) in [6.45, 7) is 6.80. The fraction of sp³-hybridized carbons (Fsp3) is 0.385. The van der Waals surface area contributed by atoms with Crippen LogP contribution in [0.2, 0.25) is 0 Å². The maximum atomic E-state index is 9.65. The summed E-state index contributed by atoms with van der Waals surface area (Å²) >= 11 is 1.35. The summed E-state index contributed by atoms with van der Waals surface area (Å²) in [6.07, 6.45) is 0. The van der Waals surface area contributed by atoms with Gasteiger partial charge in [-0.1, -0.05) is 39.0 Å². The quantitative estimate of drug-likeness (QED) is 0.893. The number of aromatic hydroxyl groups is 1. The van der Waals surface area contributed by atoms with Crippen molar-refractivity contribution >= 4 is 16.7 Å². The molecule has 4 nitrogen and oxygen atoms in total. The van der Waals surface area contributed by atoms with E-state index in [1.807, 2.05) is 18.2 Å². The lowest BCUT2D eigenvalue weighted by molar-refractivity contribution is 0.469. The topological polar surface area (TPSA) is 58.0 Å². The Bertz CT molecular complexity index is 531. The molecule has 18 heavy (non-hydrogen) atoms. The molecule has 96 valence electrons. The van der Waals surface area contributed by atoms with Crippen molar-refractivity contribution < 1.29 is 5.11 Å². The summed E-state index contributed by atoms with van der Waals surface area (Å²) < 4.78 is 4.33. The number of rotatable bonds is 3. The average molecular weight is 263 g/mol. The highest BCUT2D eigenvalue weighted by Crippen LogP contribution is 2.24. The zero-order chi connectivity index (χ0) is 13.2. The minimum atomic E-state index is -0.0364. The van der Waals surface area contributed by atoms with Crippen LogP contribution in [0.1, 0.15) is 32.2 Å². The number of phenolic OH excluding ortho intramolecular Hbond substituents is 1. The van der Waals surface area contributed by atoms with Crippen molar-refractivity contribution in [3.05, 3.63) is 35.7 Å². The molecule has 0 saturated heterocycles. The largest absolute Gasteiger partial charge is 0.508 e. The van der Waals surface area contributed by atoms with E-state index in [4.69, 9.17) is 0 Å². The molecule has 1 heterocycles. The molecular formula is C13H17N3OS. The zero-order valence-electron chi connectivity index (χ0n) is 10.8. The Morgan fingerprint density at radius 2 is 2.00 bits per heavy atom. The van der Waals surface area contributed by atoms with Crippen LogP contribution < -0.4 is 5.32 Å². The van der Waals surface area contributed by atoms with Crippen molar-refractivity contribution in [1.82, 2.24) is 9.36 Å². The smallest absolute Gasteiger partial charge is 0.202 e. The molecular weight excluding hydrogens is 246 g/mol. The SMILES string of the molecule is CC(C)(C)c1nsc(NCc2ccccc2O)n1. The minimum absolute atomic E-state index is 0.0364. The van der Waals surface area contributed by atoms with Crippen LogP contribution in [-0.4, -0.2) is 14.5 Å². The average Bonchev–Trinajstić information content (AvgIpc) is 2.76. The number of hydrogen-bond acceptors (Lipinski definition) is 5. The predicted octanol–water partition coefficient (Wildman–Crippen LogP) is 3.15. The molecule has 0 atom stereocenters. The predicted molar refractivity (Wildman–Crippen MR) is 74.0 cm³/mol. The van der Waals surface area contributed by atoms with Crippen molar-refractivity contribution in [2.45, 2.75) is 32.7 Å². The Hall–Kier alpha value is -1.62. The Morgan fingerprint density at radius 3 is 2.61 bits per heavy atom. The van der Waals surface area contributed by atoms with E-state index in [9.17, 15) is 5.11 Å². The highest BCUT2D eigenvalue weighted by molar-refractivity contribution is 7.09. The molecule has 1 aromatic carbocycles. The van der Waals surface area contributed by atoms with Crippen molar-refractivity contribution in [1.29, 1.82) is 0 Å². The van der Waals surface area contributed by atoms with Crippen LogP contribution in [0.15, 0.2) is 24.3 Å². The van der Waals surface area contributed by atoms with Crippen molar-refractivity contribution in [3.8, 4) is 5.75 Å². The number of anilines is 1. The molecule has 0 saturated carbocycles. The highest BCUT2D eigenvalue weighted by atomic mass is 32.1. The maximum absolute atomic E-state index is 9.65. The second-order valence-electron chi connectivity index (χ2n) is 5.16. The number of nitrogens with one attached hydrogen (secondary N) is 1. The van der Waals surface area contributed by atoms with Gasteiger partial charge in [0, 0.05) is 29.1 Å². The summed E-state index contributed by atoms with van der Waals surface area (Å²) in [5.74, 6) is 1.14. The van der Waals surface area contributed by atoms with Gasteiger partial charge in [0.2, 0.25) is 5.13 Å². The molecule has 0 spiro atoms. The molecule has 5 heteroatoms. The Labute approximate surface area is 111 Å². The van der Waals surface area contributed by atoms with E-state index in [0.717, 1.165) is 16.5 Å². The lowest BCUT2D eigenvalue weighted by atomic mass is 9.96. The van der Waals surface area contributed by atoms with E-state index >= 15 is 0 Å². The maximum Gasteiger partial charge on any atom is 0.202 e. The van der Waals surface area contributed by atoms with E-state index in [0.29, 0.717) is 12.3 Å². The molecule has 0 bridgehead atoms. The molecule has 0 aliphatic carbocycles. The molecule has 2 rings (SSSR count). The highest BCUT2D eigenvalue weighted by Gasteiger charge is 2.19. The van der Waals surface area contributed by atoms with Gasteiger partial charge in [0.05, 0.1) is 0 Å². The van der Waals surface area contributed by atoms with Gasteiger partial charge >= 0.3 is 0 Å². The fourth-order valence-electron chi connectivity index (χ4n) is 1.43. The number of benzene rings is 1. The van der Waals surface area contributed by atoms with Crippen molar-refractivity contribution in [2.75, 3.05) is 5.32 Å². The summed E-state index contributed by atoms with van der Waals surface area (Å²) in [5, 5.41) is 13.6. The molecule has 2 N–H and O–H groups in total. The van der Waals surface area contributed by atoms with Gasteiger partial charge in [0.25, 0.3) is 0 Å². The van der Waals surface area contributed by atoms with Gasteiger partial charge in [-0.05, 0) is 6.07 Å². The molecule has 0 amide bonds. The Kier molecular flexibility index (Phi) is 3.52. The first-order chi connectivity index (χ1) is 8.47. The van der Waals surface area contributed by atoms with Crippen LogP contribution in [-0.2, 0) is 12.0 Å². The van der Waals surface area contributed by atoms with E-state index in [1.165, 1.54) is 11.5 Å². The zero-order valence-corrected chi connectivity index (χ0v) is 11.6. The summed E-state index contributed by atoms with van der Waals surface area (Å²) in [5.41, 5.74) is 0.815. The number of phenols is 1. The summed E-state index contributed by atoms with van der Waals surface area (Å²) in [4.78, 5) is 4.44. The van der Waals surface area contributed by atoms with E-state index < -0.39 is 0 Å². The third-order valence-electron chi connectivity index (χ3n) is 2.52. The van der Waals surface area contributed by atoms with Crippen LogP contribution in [0.25, 0.3) is 0 Å². The first-order valence-electron chi connectivity index (χ1n) is 5.82. The third-order valence-corrected chi connectivity index (χ3v) is 3.19. The van der Waals surface area contributed by atoms with E-state index in [2.05, 4.69) is 35.4 Å². The fourth-order valence-corrected chi connectivity index (χ4v) is 2.18. The molecule has 0 radical (unpaired) electrons. The van der Waals surface area contributed by atoms with Gasteiger partial charge in [0.1, 0.15) is 11.6 Å². The molecule has 0 fully saturated rings. The normalized spacial score (nSPS) is 11.5. The van der Waals surface area contributed by atoms with Crippen LogP contribution in [0.5, 0.6) is 5.75 Å². The van der Waals surface area contributed by atoms with Crippen LogP contribution in [0, 0.1) is 0 Å². The minimum Gasteiger partial charge on any atom is -0.508 e. The number of nitrogens with zero attached hydrogens (tertiary/aromatic N) is 2.